The lowest BCUT2D eigenvalue weighted by Gasteiger charge is -2.23. The van der Waals surface area contributed by atoms with Crippen LogP contribution in [-0.4, -0.2) is 98.2 Å². The maximum Gasteiger partial charge on any atom is 0.326 e. The number of nitrogens with one attached hydrogen (secondary N) is 3. The van der Waals surface area contributed by atoms with Crippen molar-refractivity contribution in [3.05, 3.63) is 0 Å². The molecule has 0 aromatic rings. The Bertz CT molecular complexity index is 792. The van der Waals surface area contributed by atoms with Gasteiger partial charge in [0.05, 0.1) is 18.9 Å². The van der Waals surface area contributed by atoms with Gasteiger partial charge in [0, 0.05) is 6.42 Å². The Morgan fingerprint density at radius 3 is 1.53 bits per heavy atom. The molecule has 0 saturated carbocycles. The Morgan fingerprint density at radius 2 is 1.15 bits per heavy atom. The summed E-state index contributed by atoms with van der Waals surface area (Å²) in [5, 5.41) is 42.0. The highest BCUT2D eigenvalue weighted by Gasteiger charge is 2.32. The van der Waals surface area contributed by atoms with Gasteiger partial charge in [-0.2, -0.15) is 11.8 Å². The molecule has 3 amide bonds. The normalized spacial score (nSPS) is 14.1. The zero-order valence-corrected chi connectivity index (χ0v) is 19.0. The highest BCUT2D eigenvalue weighted by atomic mass is 32.2. The molecule has 0 radical (unpaired) electrons. The van der Waals surface area contributed by atoms with Crippen LogP contribution in [0, 0.1) is 0 Å². The Kier molecular flexibility index (Phi) is 13.9. The van der Waals surface area contributed by atoms with Crippen LogP contribution in [-0.2, 0) is 33.6 Å². The van der Waals surface area contributed by atoms with E-state index in [0.717, 1.165) is 0 Å². The quantitative estimate of drug-likeness (QED) is 0.100. The van der Waals surface area contributed by atoms with Crippen molar-refractivity contribution in [1.29, 1.82) is 0 Å². The maximum absolute atomic E-state index is 12.6. The molecule has 0 aliphatic rings. The highest BCUT2D eigenvalue weighted by molar-refractivity contribution is 7.98. The molecular weight excluding hydrogens is 480 g/mol. The van der Waals surface area contributed by atoms with Gasteiger partial charge in [0.2, 0.25) is 17.7 Å². The van der Waals surface area contributed by atoms with Crippen molar-refractivity contribution in [2.24, 2.45) is 5.73 Å². The van der Waals surface area contributed by atoms with Crippen LogP contribution in [0.5, 0.6) is 0 Å². The van der Waals surface area contributed by atoms with Crippen molar-refractivity contribution in [3.63, 3.8) is 0 Å². The zero-order chi connectivity index (χ0) is 26.4. The van der Waals surface area contributed by atoms with Gasteiger partial charge in [0.25, 0.3) is 0 Å². The average molecular weight is 509 g/mol. The number of carbonyl (C=O) groups is 7. The standard InChI is InChI=1S/C18H28N4O11S/c1-34-5-4-8(19)15(29)21-10(6-13(25)26)17(31)22-11(7-14(27)28)16(30)20-9(18(32)33)2-3-12(23)24/h8-11H,2-7,19H2,1H3,(H,20,30)(H,21,29)(H,22,31)(H,23,24)(H,25,26)(H,27,28)(H,32,33). The number of hydrogen-bond donors (Lipinski definition) is 8. The molecule has 15 nitrogen and oxygen atoms in total. The van der Waals surface area contributed by atoms with Gasteiger partial charge in [-0.1, -0.05) is 0 Å². The van der Waals surface area contributed by atoms with Crippen LogP contribution in [0.2, 0.25) is 0 Å². The minimum absolute atomic E-state index is 0.228. The van der Waals surface area contributed by atoms with Crippen molar-refractivity contribution in [2.45, 2.75) is 56.3 Å². The Hall–Kier alpha value is -3.40. The summed E-state index contributed by atoms with van der Waals surface area (Å²) < 4.78 is 0. The van der Waals surface area contributed by atoms with E-state index in [-0.39, 0.29) is 6.42 Å². The molecule has 9 N–H and O–H groups in total. The number of carboxylic acid groups (broad SMARTS) is 4. The number of nitrogens with two attached hydrogens (primary N) is 1. The van der Waals surface area contributed by atoms with Gasteiger partial charge in [-0.3, -0.25) is 28.8 Å². The summed E-state index contributed by atoms with van der Waals surface area (Å²) in [7, 11) is 0. The molecule has 0 saturated heterocycles. The van der Waals surface area contributed by atoms with Gasteiger partial charge in [0.1, 0.15) is 18.1 Å². The number of rotatable bonds is 17. The predicted molar refractivity (Wildman–Crippen MR) is 116 cm³/mol. The minimum atomic E-state index is -1.85. The maximum atomic E-state index is 12.6. The van der Waals surface area contributed by atoms with Gasteiger partial charge in [-0.05, 0) is 24.9 Å². The van der Waals surface area contributed by atoms with E-state index in [1.54, 1.807) is 6.26 Å². The molecule has 0 bridgehead atoms. The summed E-state index contributed by atoms with van der Waals surface area (Å²) in [6.45, 7) is 0. The van der Waals surface area contributed by atoms with E-state index >= 15 is 0 Å². The zero-order valence-electron chi connectivity index (χ0n) is 18.2. The lowest BCUT2D eigenvalue weighted by molar-refractivity contribution is -0.145. The molecule has 0 heterocycles. The van der Waals surface area contributed by atoms with Gasteiger partial charge in [-0.25, -0.2) is 4.79 Å². The molecule has 192 valence electrons. The first-order valence-corrected chi connectivity index (χ1v) is 11.2. The Labute approximate surface area is 197 Å². The molecule has 0 fully saturated rings. The summed E-state index contributed by atoms with van der Waals surface area (Å²) in [6.07, 6.45) is -1.05. The number of carboxylic acids is 4. The summed E-state index contributed by atoms with van der Waals surface area (Å²) >= 11 is 1.40. The minimum Gasteiger partial charge on any atom is -0.481 e. The molecule has 16 heteroatoms. The van der Waals surface area contributed by atoms with Gasteiger partial charge < -0.3 is 42.1 Å². The van der Waals surface area contributed by atoms with Gasteiger partial charge in [-0.15, -0.1) is 0 Å². The van der Waals surface area contributed by atoms with Crippen molar-refractivity contribution in [2.75, 3.05) is 12.0 Å². The summed E-state index contributed by atoms with van der Waals surface area (Å²) in [6, 6.07) is -6.31. The third-order valence-corrected chi connectivity index (χ3v) is 4.90. The second-order valence-corrected chi connectivity index (χ2v) is 8.02. The van der Waals surface area contributed by atoms with E-state index in [1.165, 1.54) is 11.8 Å². The number of carbonyl (C=O) groups excluding carboxylic acids is 3. The first-order chi connectivity index (χ1) is 15.8. The Balaban J connectivity index is 5.50. The van der Waals surface area contributed by atoms with Crippen LogP contribution < -0.4 is 21.7 Å². The molecule has 0 aliphatic heterocycles. The van der Waals surface area contributed by atoms with Crippen LogP contribution in [0.3, 0.4) is 0 Å². The lowest BCUT2D eigenvalue weighted by atomic mass is 10.1. The molecule has 0 spiro atoms. The number of hydrogen-bond acceptors (Lipinski definition) is 9. The fraction of sp³-hybridized carbons (Fsp3) is 0.611. The first kappa shape index (κ1) is 30.6. The number of aliphatic carboxylic acids is 4. The van der Waals surface area contributed by atoms with Crippen LogP contribution in [0.15, 0.2) is 0 Å². The lowest BCUT2D eigenvalue weighted by Crippen LogP contribution is -2.58. The topological polar surface area (TPSA) is 263 Å². The molecule has 0 aromatic heterocycles. The van der Waals surface area contributed by atoms with Crippen molar-refractivity contribution >= 4 is 53.4 Å². The summed E-state index contributed by atoms with van der Waals surface area (Å²) in [5.74, 6) is -8.78. The van der Waals surface area contributed by atoms with E-state index in [4.69, 9.17) is 26.2 Å². The summed E-state index contributed by atoms with van der Waals surface area (Å²) in [5.41, 5.74) is 5.69. The third-order valence-electron chi connectivity index (χ3n) is 4.25. The number of thioether (sulfide) groups is 1. The SMILES string of the molecule is CSCCC(N)C(=O)NC(CC(=O)O)C(=O)NC(CC(=O)O)C(=O)NC(CCC(=O)O)C(=O)O. The first-order valence-electron chi connectivity index (χ1n) is 9.82. The van der Waals surface area contributed by atoms with Crippen LogP contribution in [0.4, 0.5) is 0 Å². The van der Waals surface area contributed by atoms with Crippen LogP contribution >= 0.6 is 11.8 Å². The molecule has 34 heavy (non-hydrogen) atoms. The van der Waals surface area contributed by atoms with Crippen molar-refractivity contribution in [3.8, 4) is 0 Å². The smallest absolute Gasteiger partial charge is 0.326 e. The highest BCUT2D eigenvalue weighted by Crippen LogP contribution is 2.04. The second-order valence-electron chi connectivity index (χ2n) is 7.04. The van der Waals surface area contributed by atoms with E-state index in [0.29, 0.717) is 5.75 Å². The molecule has 4 atom stereocenters. The molecular formula is C18H28N4O11S. The van der Waals surface area contributed by atoms with E-state index in [1.807, 2.05) is 10.6 Å². The fourth-order valence-electron chi connectivity index (χ4n) is 2.49. The Morgan fingerprint density at radius 1 is 0.706 bits per heavy atom. The largest absolute Gasteiger partial charge is 0.481 e. The van der Waals surface area contributed by atoms with E-state index in [9.17, 15) is 33.6 Å². The molecule has 0 rings (SSSR count). The summed E-state index contributed by atoms with van der Waals surface area (Å²) in [4.78, 5) is 81.4. The molecule has 4 unspecified atom stereocenters. The van der Waals surface area contributed by atoms with Crippen molar-refractivity contribution in [1.82, 2.24) is 16.0 Å². The van der Waals surface area contributed by atoms with Gasteiger partial charge >= 0.3 is 23.9 Å². The fourth-order valence-corrected chi connectivity index (χ4v) is 2.98. The third kappa shape index (κ3) is 12.6. The van der Waals surface area contributed by atoms with E-state index < -0.39 is 91.4 Å². The predicted octanol–water partition coefficient (Wildman–Crippen LogP) is -2.58. The molecule has 0 aliphatic carbocycles. The average Bonchev–Trinajstić information content (AvgIpc) is 2.72. The van der Waals surface area contributed by atoms with Gasteiger partial charge in [0.15, 0.2) is 0 Å². The van der Waals surface area contributed by atoms with Crippen molar-refractivity contribution < 1.29 is 54.0 Å². The number of amides is 3. The van der Waals surface area contributed by atoms with Crippen LogP contribution in [0.1, 0.15) is 32.1 Å². The monoisotopic (exact) mass is 508 g/mol. The second kappa shape index (κ2) is 15.4. The van der Waals surface area contributed by atoms with E-state index in [2.05, 4.69) is 5.32 Å². The molecule has 0 aromatic carbocycles. The van der Waals surface area contributed by atoms with Crippen LogP contribution in [0.25, 0.3) is 0 Å².